The molecule has 0 spiro atoms. The second-order valence-electron chi connectivity index (χ2n) is 7.26. The number of nitrogens with zero attached hydrogens (tertiary/aromatic N) is 1. The fourth-order valence-corrected chi connectivity index (χ4v) is 2.35. The SMILES string of the molecule is CC1CCCN1C(=O)OC(C)(C)C.COC=O.OCCOCc1ccccc1. The van der Waals surface area contributed by atoms with Crippen molar-refractivity contribution >= 4 is 12.6 Å². The van der Waals surface area contributed by atoms with Gasteiger partial charge in [0.2, 0.25) is 0 Å². The number of carbonyl (C=O) groups excluding carboxylic acids is 2. The maximum atomic E-state index is 11.6. The number of methoxy groups -OCH3 is 1. The third kappa shape index (κ3) is 13.1. The van der Waals surface area contributed by atoms with E-state index in [0.717, 1.165) is 24.9 Å². The summed E-state index contributed by atoms with van der Waals surface area (Å²) in [7, 11) is 1.31. The highest BCUT2D eigenvalue weighted by Gasteiger charge is 2.28. The molecule has 1 unspecified atom stereocenters. The Labute approximate surface area is 168 Å². The number of amides is 1. The second-order valence-corrected chi connectivity index (χ2v) is 7.26. The van der Waals surface area contributed by atoms with E-state index in [9.17, 15) is 4.79 Å². The van der Waals surface area contributed by atoms with Crippen LogP contribution in [-0.4, -0.2) is 61.1 Å². The van der Waals surface area contributed by atoms with Gasteiger partial charge in [-0.15, -0.1) is 0 Å². The third-order valence-corrected chi connectivity index (χ3v) is 3.62. The van der Waals surface area contributed by atoms with Gasteiger partial charge in [0.25, 0.3) is 6.47 Å². The number of rotatable bonds is 5. The zero-order valence-corrected chi connectivity index (χ0v) is 17.7. The molecule has 1 N–H and O–H groups in total. The van der Waals surface area contributed by atoms with Crippen molar-refractivity contribution in [1.82, 2.24) is 4.90 Å². The van der Waals surface area contributed by atoms with Crippen molar-refractivity contribution in [2.75, 3.05) is 26.9 Å². The number of aliphatic hydroxyl groups excluding tert-OH is 1. The molecule has 160 valence electrons. The molecule has 1 aromatic carbocycles. The summed E-state index contributed by atoms with van der Waals surface area (Å²) in [5.41, 5.74) is 0.764. The standard InChI is InChI=1S/C10H19NO2.C9H12O2.C2H4O2/c1-8-6-5-7-11(8)9(12)13-10(2,3)4;10-6-7-11-8-9-4-2-1-3-5-9;1-4-2-3/h8H,5-7H2,1-4H3;1-5,10H,6-8H2;2H,1H3. The van der Waals surface area contributed by atoms with Crippen LogP contribution < -0.4 is 0 Å². The minimum Gasteiger partial charge on any atom is -0.471 e. The predicted octanol–water partition coefficient (Wildman–Crippen LogP) is 3.39. The zero-order valence-electron chi connectivity index (χ0n) is 17.7. The minimum atomic E-state index is -0.376. The van der Waals surface area contributed by atoms with Crippen molar-refractivity contribution in [3.63, 3.8) is 0 Å². The van der Waals surface area contributed by atoms with Crippen LogP contribution in [0, 0.1) is 0 Å². The van der Waals surface area contributed by atoms with Crippen molar-refractivity contribution in [2.24, 2.45) is 0 Å². The normalized spacial score (nSPS) is 15.5. The summed E-state index contributed by atoms with van der Waals surface area (Å²) in [6, 6.07) is 10.2. The Morgan fingerprint density at radius 1 is 1.29 bits per heavy atom. The second kappa shape index (κ2) is 14.9. The summed E-state index contributed by atoms with van der Waals surface area (Å²) in [5, 5.41) is 8.42. The maximum absolute atomic E-state index is 11.6. The van der Waals surface area contributed by atoms with Gasteiger partial charge in [0.1, 0.15) is 5.60 Å². The largest absolute Gasteiger partial charge is 0.471 e. The Morgan fingerprint density at radius 2 is 1.89 bits per heavy atom. The Morgan fingerprint density at radius 3 is 2.32 bits per heavy atom. The summed E-state index contributed by atoms with van der Waals surface area (Å²) >= 11 is 0. The third-order valence-electron chi connectivity index (χ3n) is 3.62. The summed E-state index contributed by atoms with van der Waals surface area (Å²) in [6.07, 6.45) is 2.03. The highest BCUT2D eigenvalue weighted by atomic mass is 16.6. The Kier molecular flexibility index (Phi) is 13.8. The molecule has 0 aromatic heterocycles. The topological polar surface area (TPSA) is 85.3 Å². The number of aliphatic hydroxyl groups is 1. The van der Waals surface area contributed by atoms with E-state index in [4.69, 9.17) is 19.4 Å². The number of ether oxygens (including phenoxy) is 3. The van der Waals surface area contributed by atoms with E-state index in [0.29, 0.717) is 25.7 Å². The van der Waals surface area contributed by atoms with Crippen molar-refractivity contribution in [1.29, 1.82) is 0 Å². The number of likely N-dealkylation sites (tertiary alicyclic amines) is 1. The molecule has 0 aliphatic carbocycles. The average molecular weight is 398 g/mol. The van der Waals surface area contributed by atoms with Crippen LogP contribution >= 0.6 is 0 Å². The molecule has 28 heavy (non-hydrogen) atoms. The van der Waals surface area contributed by atoms with E-state index in [-0.39, 0.29) is 18.3 Å². The molecule has 0 saturated carbocycles. The van der Waals surface area contributed by atoms with Crippen LogP contribution in [0.15, 0.2) is 30.3 Å². The molecule has 1 aliphatic rings. The van der Waals surface area contributed by atoms with Crippen LogP contribution in [0.4, 0.5) is 4.79 Å². The molecule has 0 bridgehead atoms. The molecule has 1 heterocycles. The van der Waals surface area contributed by atoms with Gasteiger partial charge in [-0.2, -0.15) is 0 Å². The van der Waals surface area contributed by atoms with Crippen molar-refractivity contribution in [3.05, 3.63) is 35.9 Å². The molecular weight excluding hydrogens is 362 g/mol. The molecule has 1 amide bonds. The zero-order chi connectivity index (χ0) is 21.4. The number of hydrogen-bond acceptors (Lipinski definition) is 6. The predicted molar refractivity (Wildman–Crippen MR) is 108 cm³/mol. The molecule has 2 rings (SSSR count). The molecule has 7 nitrogen and oxygen atoms in total. The average Bonchev–Trinajstić information content (AvgIpc) is 3.08. The molecule has 1 atom stereocenters. The maximum Gasteiger partial charge on any atom is 0.410 e. The lowest BCUT2D eigenvalue weighted by Crippen LogP contribution is -2.38. The van der Waals surface area contributed by atoms with Crippen molar-refractivity contribution in [3.8, 4) is 0 Å². The molecule has 1 aliphatic heterocycles. The first-order chi connectivity index (χ1) is 13.2. The molecule has 1 fully saturated rings. The van der Waals surface area contributed by atoms with Crippen LogP contribution in [0.3, 0.4) is 0 Å². The lowest BCUT2D eigenvalue weighted by Gasteiger charge is -2.26. The van der Waals surface area contributed by atoms with Gasteiger partial charge in [-0.3, -0.25) is 4.79 Å². The van der Waals surface area contributed by atoms with Gasteiger partial charge in [0, 0.05) is 12.6 Å². The molecule has 7 heteroatoms. The number of carbonyl (C=O) groups is 2. The lowest BCUT2D eigenvalue weighted by molar-refractivity contribution is -0.126. The van der Waals surface area contributed by atoms with Gasteiger partial charge in [-0.1, -0.05) is 30.3 Å². The first-order valence-corrected chi connectivity index (χ1v) is 9.43. The quantitative estimate of drug-likeness (QED) is 0.605. The van der Waals surface area contributed by atoms with Crippen LogP contribution in [0.2, 0.25) is 0 Å². The van der Waals surface area contributed by atoms with Crippen LogP contribution in [0.5, 0.6) is 0 Å². The fourth-order valence-electron chi connectivity index (χ4n) is 2.35. The molecule has 1 saturated heterocycles. The van der Waals surface area contributed by atoms with Gasteiger partial charge in [0.15, 0.2) is 0 Å². The monoisotopic (exact) mass is 397 g/mol. The minimum absolute atomic E-state index is 0.0901. The van der Waals surface area contributed by atoms with Gasteiger partial charge in [-0.05, 0) is 46.1 Å². The summed E-state index contributed by atoms with van der Waals surface area (Å²) in [4.78, 5) is 22.3. The highest BCUT2D eigenvalue weighted by Crippen LogP contribution is 2.19. The highest BCUT2D eigenvalue weighted by molar-refractivity contribution is 5.68. The van der Waals surface area contributed by atoms with Gasteiger partial charge >= 0.3 is 6.09 Å². The van der Waals surface area contributed by atoms with E-state index in [2.05, 4.69) is 11.7 Å². The number of benzene rings is 1. The van der Waals surface area contributed by atoms with Crippen LogP contribution in [0.25, 0.3) is 0 Å². The van der Waals surface area contributed by atoms with E-state index >= 15 is 0 Å². The van der Waals surface area contributed by atoms with Crippen LogP contribution in [-0.2, 0) is 25.6 Å². The van der Waals surface area contributed by atoms with E-state index in [1.807, 2.05) is 56.0 Å². The first-order valence-electron chi connectivity index (χ1n) is 9.43. The van der Waals surface area contributed by atoms with Crippen molar-refractivity contribution in [2.45, 2.75) is 58.8 Å². The molecule has 0 radical (unpaired) electrons. The Bertz CT molecular complexity index is 529. The van der Waals surface area contributed by atoms with Gasteiger partial charge in [0.05, 0.1) is 26.9 Å². The summed E-state index contributed by atoms with van der Waals surface area (Å²) in [5.74, 6) is 0. The molecular formula is C21H35NO6. The summed E-state index contributed by atoms with van der Waals surface area (Å²) < 4.78 is 14.3. The van der Waals surface area contributed by atoms with Crippen molar-refractivity contribution < 1.29 is 28.9 Å². The van der Waals surface area contributed by atoms with E-state index in [1.54, 1.807) is 0 Å². The van der Waals surface area contributed by atoms with Crippen LogP contribution in [0.1, 0.15) is 46.1 Å². The first kappa shape index (κ1) is 25.9. The molecule has 1 aromatic rings. The fraction of sp³-hybridized carbons (Fsp3) is 0.619. The Balaban J connectivity index is 0.000000442. The van der Waals surface area contributed by atoms with E-state index in [1.165, 1.54) is 7.11 Å². The summed E-state index contributed by atoms with van der Waals surface area (Å²) in [6.45, 7) is 10.1. The Hall–Kier alpha value is -2.12. The smallest absolute Gasteiger partial charge is 0.410 e. The van der Waals surface area contributed by atoms with Gasteiger partial charge in [-0.25, -0.2) is 4.79 Å². The van der Waals surface area contributed by atoms with Gasteiger partial charge < -0.3 is 24.2 Å². The number of hydrogen-bond donors (Lipinski definition) is 1. The van der Waals surface area contributed by atoms with E-state index < -0.39 is 0 Å². The lowest BCUT2D eigenvalue weighted by atomic mass is 10.2.